The van der Waals surface area contributed by atoms with Crippen LogP contribution < -0.4 is 5.73 Å². The van der Waals surface area contributed by atoms with E-state index >= 15 is 0 Å². The Morgan fingerprint density at radius 1 is 1.29 bits per heavy atom. The van der Waals surface area contributed by atoms with Gasteiger partial charge in [-0.25, -0.2) is 0 Å². The van der Waals surface area contributed by atoms with Crippen molar-refractivity contribution in [2.24, 2.45) is 5.73 Å². The molecule has 0 saturated heterocycles. The summed E-state index contributed by atoms with van der Waals surface area (Å²) in [6, 6.07) is 4.77. The number of nitrogens with zero attached hydrogens (tertiary/aromatic N) is 3. The van der Waals surface area contributed by atoms with Gasteiger partial charge in [0.25, 0.3) is 0 Å². The van der Waals surface area contributed by atoms with Crippen molar-refractivity contribution in [2.45, 2.75) is 57.5 Å². The number of aryl methyl sites for hydroxylation is 1. The highest BCUT2D eigenvalue weighted by atomic mass is 15.3. The molecule has 1 fully saturated rings. The van der Waals surface area contributed by atoms with E-state index in [9.17, 15) is 0 Å². The Hall–Kier alpha value is -1.68. The van der Waals surface area contributed by atoms with Gasteiger partial charge in [0.05, 0.1) is 11.7 Å². The molecule has 0 spiro atoms. The highest BCUT2D eigenvalue weighted by Gasteiger charge is 2.17. The zero-order valence-electron chi connectivity index (χ0n) is 12.7. The van der Waals surface area contributed by atoms with Crippen LogP contribution in [0.4, 0.5) is 0 Å². The molecule has 2 heterocycles. The first-order valence-electron chi connectivity index (χ1n) is 7.93. The van der Waals surface area contributed by atoms with Crippen molar-refractivity contribution in [3.63, 3.8) is 0 Å². The quantitative estimate of drug-likeness (QED) is 0.937. The summed E-state index contributed by atoms with van der Waals surface area (Å²) >= 11 is 0. The van der Waals surface area contributed by atoms with Gasteiger partial charge in [-0.05, 0) is 37.0 Å². The molecule has 0 radical (unpaired) electrons. The molecule has 1 aliphatic rings. The molecule has 0 aliphatic heterocycles. The molecule has 2 aromatic rings. The molecule has 21 heavy (non-hydrogen) atoms. The van der Waals surface area contributed by atoms with E-state index in [0.29, 0.717) is 6.04 Å². The number of hydrogen-bond acceptors (Lipinski definition) is 3. The second kappa shape index (κ2) is 6.39. The summed E-state index contributed by atoms with van der Waals surface area (Å²) in [4.78, 5) is 4.22. The number of rotatable bonds is 4. The Morgan fingerprint density at radius 3 is 2.86 bits per heavy atom. The van der Waals surface area contributed by atoms with Crippen molar-refractivity contribution >= 4 is 0 Å². The van der Waals surface area contributed by atoms with Crippen LogP contribution in [-0.4, -0.2) is 14.8 Å². The summed E-state index contributed by atoms with van der Waals surface area (Å²) in [6.45, 7) is 2.04. The van der Waals surface area contributed by atoms with Gasteiger partial charge in [-0.2, -0.15) is 5.10 Å². The fraction of sp³-hybridized carbons (Fsp3) is 0.529. The van der Waals surface area contributed by atoms with E-state index < -0.39 is 0 Å². The molecule has 3 rings (SSSR count). The second-order valence-corrected chi connectivity index (χ2v) is 6.19. The van der Waals surface area contributed by atoms with Crippen molar-refractivity contribution in [3.05, 3.63) is 47.5 Å². The maximum Gasteiger partial charge on any atom is 0.0643 e. The van der Waals surface area contributed by atoms with Crippen LogP contribution in [0, 0.1) is 6.92 Å². The Kier molecular flexibility index (Phi) is 4.34. The molecule has 1 saturated carbocycles. The maximum absolute atomic E-state index is 6.29. The molecule has 112 valence electrons. The zero-order valence-corrected chi connectivity index (χ0v) is 12.7. The lowest BCUT2D eigenvalue weighted by molar-refractivity contribution is 0.328. The standard InChI is InChI=1S/C17H24N4/c1-13-9-14(12-19-11-13)17(18)10-15-7-8-21(20-15)16-5-3-2-4-6-16/h7-9,11-12,16-17H,2-6,10,18H2,1H3. The van der Waals surface area contributed by atoms with E-state index in [2.05, 4.69) is 28.0 Å². The summed E-state index contributed by atoms with van der Waals surface area (Å²) in [7, 11) is 0. The van der Waals surface area contributed by atoms with Gasteiger partial charge in [-0.15, -0.1) is 0 Å². The van der Waals surface area contributed by atoms with Crippen LogP contribution in [0.1, 0.15) is 61.0 Å². The topological polar surface area (TPSA) is 56.7 Å². The van der Waals surface area contributed by atoms with Gasteiger partial charge in [-0.1, -0.05) is 25.3 Å². The molecule has 0 aromatic carbocycles. The van der Waals surface area contributed by atoms with Crippen LogP contribution in [0.15, 0.2) is 30.7 Å². The number of pyridine rings is 1. The number of nitrogens with two attached hydrogens (primary N) is 1. The molecule has 2 N–H and O–H groups in total. The molecule has 1 atom stereocenters. The lowest BCUT2D eigenvalue weighted by Crippen LogP contribution is -2.16. The van der Waals surface area contributed by atoms with Gasteiger partial charge in [0.2, 0.25) is 0 Å². The molecule has 2 aromatic heterocycles. The third-order valence-corrected chi connectivity index (χ3v) is 4.37. The smallest absolute Gasteiger partial charge is 0.0643 e. The minimum Gasteiger partial charge on any atom is -0.324 e. The predicted octanol–water partition coefficient (Wildman–Crippen LogP) is 3.33. The van der Waals surface area contributed by atoms with Crippen molar-refractivity contribution in [2.75, 3.05) is 0 Å². The molecule has 1 aliphatic carbocycles. The van der Waals surface area contributed by atoms with Crippen LogP contribution in [0.5, 0.6) is 0 Å². The first-order valence-corrected chi connectivity index (χ1v) is 7.93. The second-order valence-electron chi connectivity index (χ2n) is 6.19. The Bertz CT molecular complexity index is 584. The van der Waals surface area contributed by atoms with E-state index in [-0.39, 0.29) is 6.04 Å². The van der Waals surface area contributed by atoms with Crippen molar-refractivity contribution in [3.8, 4) is 0 Å². The lowest BCUT2D eigenvalue weighted by atomic mass is 9.96. The van der Waals surface area contributed by atoms with E-state index in [4.69, 9.17) is 10.8 Å². The highest BCUT2D eigenvalue weighted by molar-refractivity contribution is 5.21. The third-order valence-electron chi connectivity index (χ3n) is 4.37. The minimum absolute atomic E-state index is 0.0351. The molecule has 4 nitrogen and oxygen atoms in total. The van der Waals surface area contributed by atoms with Crippen LogP contribution >= 0.6 is 0 Å². The summed E-state index contributed by atoms with van der Waals surface area (Å²) in [6.07, 6.45) is 13.1. The molecular formula is C17H24N4. The zero-order chi connectivity index (χ0) is 14.7. The van der Waals surface area contributed by atoms with Crippen molar-refractivity contribution in [1.29, 1.82) is 0 Å². The van der Waals surface area contributed by atoms with Gasteiger partial charge < -0.3 is 5.73 Å². The number of aromatic nitrogens is 3. The summed E-state index contributed by atoms with van der Waals surface area (Å²) in [5.41, 5.74) is 9.61. The third kappa shape index (κ3) is 3.50. The Balaban J connectivity index is 1.66. The van der Waals surface area contributed by atoms with Crippen molar-refractivity contribution in [1.82, 2.24) is 14.8 Å². The van der Waals surface area contributed by atoms with Gasteiger partial charge in [0.15, 0.2) is 0 Å². The normalized spacial score (nSPS) is 17.8. The monoisotopic (exact) mass is 284 g/mol. The lowest BCUT2D eigenvalue weighted by Gasteiger charge is -2.21. The van der Waals surface area contributed by atoms with Gasteiger partial charge >= 0.3 is 0 Å². The first kappa shape index (κ1) is 14.3. The van der Waals surface area contributed by atoms with Crippen LogP contribution in [0.25, 0.3) is 0 Å². The van der Waals surface area contributed by atoms with E-state index in [1.807, 2.05) is 19.3 Å². The molecule has 1 unspecified atom stereocenters. The molecule has 4 heteroatoms. The average Bonchev–Trinajstić information content (AvgIpc) is 2.97. The van der Waals surface area contributed by atoms with E-state index in [0.717, 1.165) is 23.2 Å². The summed E-state index contributed by atoms with van der Waals surface area (Å²) < 4.78 is 2.15. The van der Waals surface area contributed by atoms with E-state index in [1.54, 1.807) is 0 Å². The minimum atomic E-state index is -0.0351. The van der Waals surface area contributed by atoms with Gasteiger partial charge in [0, 0.05) is 31.1 Å². The fourth-order valence-corrected chi connectivity index (χ4v) is 3.16. The Morgan fingerprint density at radius 2 is 2.10 bits per heavy atom. The largest absolute Gasteiger partial charge is 0.324 e. The van der Waals surface area contributed by atoms with Crippen LogP contribution in [-0.2, 0) is 6.42 Å². The molecular weight excluding hydrogens is 260 g/mol. The Labute approximate surface area is 126 Å². The summed E-state index contributed by atoms with van der Waals surface area (Å²) in [5, 5.41) is 4.74. The van der Waals surface area contributed by atoms with E-state index in [1.165, 1.54) is 32.1 Å². The summed E-state index contributed by atoms with van der Waals surface area (Å²) in [5.74, 6) is 0. The number of hydrogen-bond donors (Lipinski definition) is 1. The fourth-order valence-electron chi connectivity index (χ4n) is 3.16. The van der Waals surface area contributed by atoms with Crippen LogP contribution in [0.2, 0.25) is 0 Å². The van der Waals surface area contributed by atoms with Gasteiger partial charge in [0.1, 0.15) is 0 Å². The molecule has 0 bridgehead atoms. The highest BCUT2D eigenvalue weighted by Crippen LogP contribution is 2.27. The van der Waals surface area contributed by atoms with Crippen molar-refractivity contribution < 1.29 is 0 Å². The first-order chi connectivity index (χ1) is 10.2. The van der Waals surface area contributed by atoms with Crippen LogP contribution in [0.3, 0.4) is 0 Å². The van der Waals surface area contributed by atoms with Gasteiger partial charge in [-0.3, -0.25) is 9.67 Å². The maximum atomic E-state index is 6.29. The SMILES string of the molecule is Cc1cncc(C(N)Cc2ccn(C3CCCCC3)n2)c1. The average molecular weight is 284 g/mol. The predicted molar refractivity (Wildman–Crippen MR) is 84.0 cm³/mol. The molecule has 0 amide bonds.